The second kappa shape index (κ2) is 3.56. The Labute approximate surface area is 80.2 Å². The van der Waals surface area contributed by atoms with Crippen molar-refractivity contribution < 1.29 is 4.74 Å². The Kier molecular flexibility index (Phi) is 2.58. The van der Waals surface area contributed by atoms with Crippen molar-refractivity contribution in [2.24, 2.45) is 5.73 Å². The number of hydrogen-bond donors (Lipinski definition) is 1. The van der Waals surface area contributed by atoms with Gasteiger partial charge >= 0.3 is 0 Å². The Hall–Kier alpha value is -0.120. The molecule has 0 bridgehead atoms. The minimum Gasteiger partial charge on any atom is -0.380 e. The number of hydrogen-bond acceptors (Lipinski definition) is 3. The van der Waals surface area contributed by atoms with Crippen molar-refractivity contribution in [2.45, 2.75) is 37.3 Å². The lowest BCUT2D eigenvalue weighted by molar-refractivity contribution is 0.00797. The van der Waals surface area contributed by atoms with E-state index in [4.69, 9.17) is 10.5 Å². The molecule has 1 heterocycles. The lowest BCUT2D eigenvalue weighted by Crippen LogP contribution is -2.60. The first kappa shape index (κ1) is 9.44. The van der Waals surface area contributed by atoms with E-state index < -0.39 is 0 Å². The van der Waals surface area contributed by atoms with E-state index in [0.717, 1.165) is 19.8 Å². The Morgan fingerprint density at radius 1 is 1.54 bits per heavy atom. The largest absolute Gasteiger partial charge is 0.380 e. The third kappa shape index (κ3) is 1.49. The second-order valence-corrected chi connectivity index (χ2v) is 4.41. The van der Waals surface area contributed by atoms with Crippen LogP contribution in [-0.4, -0.2) is 43.3 Å². The van der Waals surface area contributed by atoms with Gasteiger partial charge in [0, 0.05) is 24.7 Å². The Bertz CT molecular complexity index is 168. The minimum atomic E-state index is 0.318. The van der Waals surface area contributed by atoms with Crippen LogP contribution in [0.3, 0.4) is 0 Å². The van der Waals surface area contributed by atoms with Crippen LogP contribution in [0.5, 0.6) is 0 Å². The minimum absolute atomic E-state index is 0.318. The standard InChI is InChI=1S/C10H20N2O/c1-12(9-3-6-13-7-9)10(8-11)4-2-5-10/h9H,2-8,11H2,1H3. The van der Waals surface area contributed by atoms with Gasteiger partial charge in [-0.3, -0.25) is 4.90 Å². The van der Waals surface area contributed by atoms with Gasteiger partial charge in [0.1, 0.15) is 0 Å². The summed E-state index contributed by atoms with van der Waals surface area (Å²) in [4.78, 5) is 2.48. The molecule has 0 radical (unpaired) electrons. The summed E-state index contributed by atoms with van der Waals surface area (Å²) in [5.74, 6) is 0. The molecule has 0 spiro atoms. The molecule has 0 aromatic heterocycles. The molecule has 1 aliphatic heterocycles. The first-order valence-corrected chi connectivity index (χ1v) is 5.29. The molecule has 1 atom stereocenters. The number of likely N-dealkylation sites (N-methyl/N-ethyl adjacent to an activating group) is 1. The molecule has 1 saturated carbocycles. The zero-order valence-corrected chi connectivity index (χ0v) is 8.46. The number of nitrogens with zero attached hydrogens (tertiary/aromatic N) is 1. The van der Waals surface area contributed by atoms with Gasteiger partial charge in [0.15, 0.2) is 0 Å². The zero-order chi connectivity index (χ0) is 9.31. The van der Waals surface area contributed by atoms with E-state index in [1.165, 1.54) is 25.7 Å². The van der Waals surface area contributed by atoms with Crippen molar-refractivity contribution in [1.29, 1.82) is 0 Å². The quantitative estimate of drug-likeness (QED) is 0.697. The van der Waals surface area contributed by atoms with Crippen molar-refractivity contribution in [2.75, 3.05) is 26.8 Å². The van der Waals surface area contributed by atoms with Crippen LogP contribution in [-0.2, 0) is 4.74 Å². The molecule has 1 unspecified atom stereocenters. The summed E-state index contributed by atoms with van der Waals surface area (Å²) in [7, 11) is 2.21. The molecule has 2 fully saturated rings. The van der Waals surface area contributed by atoms with Gasteiger partial charge in [0.25, 0.3) is 0 Å². The van der Waals surface area contributed by atoms with E-state index in [2.05, 4.69) is 11.9 Å². The molecule has 76 valence electrons. The molecular formula is C10H20N2O. The highest BCUT2D eigenvalue weighted by Crippen LogP contribution is 2.38. The Balaban J connectivity index is 1.97. The molecule has 0 aromatic rings. The molecule has 0 aromatic carbocycles. The van der Waals surface area contributed by atoms with Crippen LogP contribution in [0.15, 0.2) is 0 Å². The maximum atomic E-state index is 5.85. The molecule has 2 rings (SSSR count). The van der Waals surface area contributed by atoms with Crippen LogP contribution in [0.2, 0.25) is 0 Å². The van der Waals surface area contributed by atoms with E-state index in [-0.39, 0.29) is 0 Å². The number of nitrogens with two attached hydrogens (primary N) is 1. The van der Waals surface area contributed by atoms with Crippen molar-refractivity contribution in [3.05, 3.63) is 0 Å². The normalized spacial score (nSPS) is 32.1. The van der Waals surface area contributed by atoms with Crippen molar-refractivity contribution in [3.63, 3.8) is 0 Å². The van der Waals surface area contributed by atoms with Crippen LogP contribution >= 0.6 is 0 Å². The average molecular weight is 184 g/mol. The van der Waals surface area contributed by atoms with Gasteiger partial charge in [-0.25, -0.2) is 0 Å². The lowest BCUT2D eigenvalue weighted by Gasteiger charge is -2.50. The van der Waals surface area contributed by atoms with Crippen LogP contribution in [0.4, 0.5) is 0 Å². The van der Waals surface area contributed by atoms with Crippen LogP contribution in [0.1, 0.15) is 25.7 Å². The maximum absolute atomic E-state index is 5.85. The molecule has 3 heteroatoms. The summed E-state index contributed by atoms with van der Waals surface area (Å²) in [5.41, 5.74) is 6.17. The number of rotatable bonds is 3. The summed E-state index contributed by atoms with van der Waals surface area (Å²) >= 11 is 0. The van der Waals surface area contributed by atoms with Crippen molar-refractivity contribution >= 4 is 0 Å². The van der Waals surface area contributed by atoms with E-state index in [1.54, 1.807) is 0 Å². The van der Waals surface area contributed by atoms with Crippen LogP contribution < -0.4 is 5.73 Å². The molecule has 2 aliphatic rings. The third-order valence-electron chi connectivity index (χ3n) is 3.87. The molecule has 2 N–H and O–H groups in total. The molecule has 1 saturated heterocycles. The SMILES string of the molecule is CN(C1CCOC1)C1(CN)CCC1. The summed E-state index contributed by atoms with van der Waals surface area (Å²) < 4.78 is 5.40. The van der Waals surface area contributed by atoms with Crippen LogP contribution in [0, 0.1) is 0 Å². The highest BCUT2D eigenvalue weighted by Gasteiger charge is 2.42. The summed E-state index contributed by atoms with van der Waals surface area (Å²) in [6, 6.07) is 0.615. The third-order valence-corrected chi connectivity index (χ3v) is 3.87. The highest BCUT2D eigenvalue weighted by atomic mass is 16.5. The number of ether oxygens (including phenoxy) is 1. The fourth-order valence-corrected chi connectivity index (χ4v) is 2.50. The molecule has 0 amide bonds. The van der Waals surface area contributed by atoms with Gasteiger partial charge in [-0.2, -0.15) is 0 Å². The van der Waals surface area contributed by atoms with Gasteiger partial charge in [-0.1, -0.05) is 0 Å². The second-order valence-electron chi connectivity index (χ2n) is 4.41. The van der Waals surface area contributed by atoms with E-state index in [9.17, 15) is 0 Å². The van der Waals surface area contributed by atoms with Gasteiger partial charge < -0.3 is 10.5 Å². The maximum Gasteiger partial charge on any atom is 0.0622 e. The average Bonchev–Trinajstić information content (AvgIpc) is 2.54. The lowest BCUT2D eigenvalue weighted by atomic mass is 9.75. The molecular weight excluding hydrogens is 164 g/mol. The highest BCUT2D eigenvalue weighted by molar-refractivity contribution is 5.00. The summed E-state index contributed by atoms with van der Waals surface area (Å²) in [6.45, 7) is 2.63. The molecule has 13 heavy (non-hydrogen) atoms. The topological polar surface area (TPSA) is 38.5 Å². The predicted molar refractivity (Wildman–Crippen MR) is 52.6 cm³/mol. The van der Waals surface area contributed by atoms with Crippen LogP contribution in [0.25, 0.3) is 0 Å². The first-order chi connectivity index (χ1) is 6.28. The van der Waals surface area contributed by atoms with Gasteiger partial charge in [0.2, 0.25) is 0 Å². The fourth-order valence-electron chi connectivity index (χ4n) is 2.50. The summed E-state index contributed by atoms with van der Waals surface area (Å²) in [6.07, 6.45) is 5.07. The zero-order valence-electron chi connectivity index (χ0n) is 8.46. The van der Waals surface area contributed by atoms with E-state index in [0.29, 0.717) is 11.6 Å². The monoisotopic (exact) mass is 184 g/mol. The molecule has 3 nitrogen and oxygen atoms in total. The van der Waals surface area contributed by atoms with E-state index >= 15 is 0 Å². The Morgan fingerprint density at radius 3 is 2.69 bits per heavy atom. The van der Waals surface area contributed by atoms with Crippen molar-refractivity contribution in [1.82, 2.24) is 4.90 Å². The van der Waals surface area contributed by atoms with Gasteiger partial charge in [-0.15, -0.1) is 0 Å². The predicted octanol–water partition coefficient (Wildman–Crippen LogP) is 0.588. The van der Waals surface area contributed by atoms with Gasteiger partial charge in [-0.05, 0) is 32.7 Å². The molecule has 1 aliphatic carbocycles. The van der Waals surface area contributed by atoms with Gasteiger partial charge in [0.05, 0.1) is 6.61 Å². The summed E-state index contributed by atoms with van der Waals surface area (Å²) in [5, 5.41) is 0. The fraction of sp³-hybridized carbons (Fsp3) is 1.00. The first-order valence-electron chi connectivity index (χ1n) is 5.29. The Morgan fingerprint density at radius 2 is 2.31 bits per heavy atom. The smallest absolute Gasteiger partial charge is 0.0622 e. The van der Waals surface area contributed by atoms with Crippen molar-refractivity contribution in [3.8, 4) is 0 Å². The van der Waals surface area contributed by atoms with E-state index in [1.807, 2.05) is 0 Å².